The van der Waals surface area contributed by atoms with Crippen molar-refractivity contribution in [3.8, 4) is 6.07 Å². The highest BCUT2D eigenvalue weighted by atomic mass is 32.2. The quantitative estimate of drug-likeness (QED) is 0.488. The summed E-state index contributed by atoms with van der Waals surface area (Å²) in [6, 6.07) is 5.30. The Morgan fingerprint density at radius 3 is 2.38 bits per heavy atom. The number of carbonyl (C=O) groups excluding carboxylic acids is 1. The van der Waals surface area contributed by atoms with E-state index in [1.54, 1.807) is 13.8 Å². The summed E-state index contributed by atoms with van der Waals surface area (Å²) in [5, 5.41) is 20.7. The van der Waals surface area contributed by atoms with Crippen LogP contribution in [0.5, 0.6) is 0 Å². The van der Waals surface area contributed by atoms with Crippen LogP contribution in [0.4, 0.5) is 18.0 Å². The SMILES string of the molecule is CC[C@@H](CO)NC(=O)O[C@@](C)(c1ccc(S(=O)(=O)N2CCN(CC3(C#N)CC3)CC2C)cc1)C(F)(F)F. The number of piperazine rings is 1. The van der Waals surface area contributed by atoms with Crippen molar-refractivity contribution in [2.24, 2.45) is 5.41 Å². The highest BCUT2D eigenvalue weighted by Gasteiger charge is 2.56. The van der Waals surface area contributed by atoms with Crippen LogP contribution < -0.4 is 5.32 Å². The first-order chi connectivity index (χ1) is 17.2. The second-order valence-electron chi connectivity index (χ2n) is 9.97. The Hall–Kier alpha value is -2.40. The minimum atomic E-state index is -5.00. The van der Waals surface area contributed by atoms with Gasteiger partial charge in [-0.25, -0.2) is 13.2 Å². The number of ether oxygens (including phenoxy) is 1. The molecular weight excluding hydrogens is 513 g/mol. The Labute approximate surface area is 215 Å². The second kappa shape index (κ2) is 10.8. The van der Waals surface area contributed by atoms with Crippen molar-refractivity contribution in [3.05, 3.63) is 29.8 Å². The summed E-state index contributed by atoms with van der Waals surface area (Å²) < 4.78 is 74.7. The number of halogens is 3. The summed E-state index contributed by atoms with van der Waals surface area (Å²) in [5.41, 5.74) is -3.84. The van der Waals surface area contributed by atoms with Gasteiger partial charge in [0.15, 0.2) is 0 Å². The molecule has 0 bridgehead atoms. The number of carbonyl (C=O) groups is 1. The van der Waals surface area contributed by atoms with Crippen LogP contribution in [-0.4, -0.2) is 79.9 Å². The van der Waals surface area contributed by atoms with E-state index in [2.05, 4.69) is 16.3 Å². The van der Waals surface area contributed by atoms with Gasteiger partial charge in [0.1, 0.15) is 0 Å². The van der Waals surface area contributed by atoms with Crippen molar-refractivity contribution < 1.29 is 36.2 Å². The molecule has 2 N–H and O–H groups in total. The van der Waals surface area contributed by atoms with E-state index in [1.807, 2.05) is 0 Å². The number of nitriles is 1. The summed E-state index contributed by atoms with van der Waals surface area (Å²) in [7, 11) is -4.00. The average Bonchev–Trinajstić information content (AvgIpc) is 3.61. The Kier molecular flexibility index (Phi) is 8.48. The molecule has 2 fully saturated rings. The maximum absolute atomic E-state index is 14.0. The van der Waals surface area contributed by atoms with Crippen molar-refractivity contribution in [2.45, 2.75) is 68.8 Å². The van der Waals surface area contributed by atoms with Crippen LogP contribution in [-0.2, 0) is 20.4 Å². The number of aliphatic hydroxyl groups excluding tert-OH is 1. The summed E-state index contributed by atoms with van der Waals surface area (Å²) in [5.74, 6) is 0. The minimum Gasteiger partial charge on any atom is -0.429 e. The van der Waals surface area contributed by atoms with Gasteiger partial charge in [0.2, 0.25) is 15.6 Å². The van der Waals surface area contributed by atoms with Gasteiger partial charge in [0.25, 0.3) is 0 Å². The van der Waals surface area contributed by atoms with Crippen LogP contribution >= 0.6 is 0 Å². The normalized spacial score (nSPS) is 22.9. The number of hydrogen-bond donors (Lipinski definition) is 2. The molecule has 37 heavy (non-hydrogen) atoms. The maximum Gasteiger partial charge on any atom is 0.432 e. The zero-order valence-electron chi connectivity index (χ0n) is 21.1. The Morgan fingerprint density at radius 2 is 1.92 bits per heavy atom. The van der Waals surface area contributed by atoms with Crippen LogP contribution in [0.2, 0.25) is 0 Å². The standard InChI is InChI=1S/C24H33F3N4O5S/c1-4-19(14-32)29-21(33)36-22(3,24(25,26)27)18-5-7-20(8-6-18)37(34,35)31-12-11-30(13-17(31)2)16-23(15-28)9-10-23/h5-8,17,19,32H,4,9-14,16H2,1-3H3,(H,29,33)/t17?,19-,22-/m0/s1. The van der Waals surface area contributed by atoms with Crippen LogP contribution in [0.3, 0.4) is 0 Å². The van der Waals surface area contributed by atoms with E-state index in [9.17, 15) is 36.8 Å². The average molecular weight is 547 g/mol. The van der Waals surface area contributed by atoms with Gasteiger partial charge in [-0.2, -0.15) is 22.7 Å². The lowest BCUT2D eigenvalue weighted by molar-refractivity contribution is -0.257. The number of alkyl carbamates (subject to hydrolysis) is 1. The van der Waals surface area contributed by atoms with Crippen LogP contribution in [0.25, 0.3) is 0 Å². The molecule has 1 saturated carbocycles. The molecule has 1 unspecified atom stereocenters. The molecule has 2 aliphatic rings. The molecule has 0 radical (unpaired) electrons. The van der Waals surface area contributed by atoms with E-state index < -0.39 is 52.1 Å². The largest absolute Gasteiger partial charge is 0.432 e. The summed E-state index contributed by atoms with van der Waals surface area (Å²) in [6.07, 6.45) is -4.39. The van der Waals surface area contributed by atoms with Crippen LogP contribution in [0, 0.1) is 16.7 Å². The highest BCUT2D eigenvalue weighted by molar-refractivity contribution is 7.89. The van der Waals surface area contributed by atoms with Crippen molar-refractivity contribution in [1.29, 1.82) is 5.26 Å². The molecule has 1 amide bonds. The molecule has 1 aliphatic heterocycles. The van der Waals surface area contributed by atoms with Crippen LogP contribution in [0.15, 0.2) is 29.2 Å². The molecule has 9 nitrogen and oxygen atoms in total. The predicted octanol–water partition coefficient (Wildman–Crippen LogP) is 2.96. The number of hydrogen-bond acceptors (Lipinski definition) is 7. The van der Waals surface area contributed by atoms with Gasteiger partial charge in [0.05, 0.1) is 29.0 Å². The number of benzene rings is 1. The third-order valence-corrected chi connectivity index (χ3v) is 9.18. The smallest absolute Gasteiger partial charge is 0.429 e. The van der Waals surface area contributed by atoms with Crippen molar-refractivity contribution in [2.75, 3.05) is 32.8 Å². The van der Waals surface area contributed by atoms with Gasteiger partial charge >= 0.3 is 12.3 Å². The number of amides is 1. The Bertz CT molecular complexity index is 1110. The lowest BCUT2D eigenvalue weighted by atomic mass is 9.95. The number of nitrogens with one attached hydrogen (secondary N) is 1. The van der Waals surface area contributed by atoms with Crippen LogP contribution in [0.1, 0.15) is 45.6 Å². The fraction of sp³-hybridized carbons (Fsp3) is 0.667. The predicted molar refractivity (Wildman–Crippen MR) is 128 cm³/mol. The molecule has 3 atom stereocenters. The first-order valence-electron chi connectivity index (χ1n) is 12.1. The number of alkyl halides is 3. The number of sulfonamides is 1. The topological polar surface area (TPSA) is 123 Å². The lowest BCUT2D eigenvalue weighted by Gasteiger charge is -2.39. The van der Waals surface area contributed by atoms with Crippen molar-refractivity contribution >= 4 is 16.1 Å². The van der Waals surface area contributed by atoms with E-state index in [0.717, 1.165) is 37.1 Å². The number of aliphatic hydroxyl groups is 1. The Morgan fingerprint density at radius 1 is 1.30 bits per heavy atom. The maximum atomic E-state index is 14.0. The second-order valence-corrected chi connectivity index (χ2v) is 11.9. The fourth-order valence-corrected chi connectivity index (χ4v) is 6.03. The highest BCUT2D eigenvalue weighted by Crippen LogP contribution is 2.46. The first-order valence-corrected chi connectivity index (χ1v) is 13.6. The van der Waals surface area contributed by atoms with Gasteiger partial charge in [-0.1, -0.05) is 19.1 Å². The van der Waals surface area contributed by atoms with Gasteiger partial charge in [-0.3, -0.25) is 4.90 Å². The van der Waals surface area contributed by atoms with Gasteiger partial charge in [0, 0.05) is 37.8 Å². The third-order valence-electron chi connectivity index (χ3n) is 7.15. The van der Waals surface area contributed by atoms with E-state index >= 15 is 0 Å². The lowest BCUT2D eigenvalue weighted by Crippen LogP contribution is -2.54. The zero-order chi connectivity index (χ0) is 27.6. The first kappa shape index (κ1) is 29.2. The van der Waals surface area contributed by atoms with E-state index in [4.69, 9.17) is 4.74 Å². The monoisotopic (exact) mass is 546 g/mol. The van der Waals surface area contributed by atoms with Gasteiger partial charge in [-0.15, -0.1) is 0 Å². The summed E-state index contributed by atoms with van der Waals surface area (Å²) >= 11 is 0. The Balaban J connectivity index is 1.76. The zero-order valence-corrected chi connectivity index (χ0v) is 21.9. The number of nitrogens with zero attached hydrogens (tertiary/aromatic N) is 3. The molecule has 1 saturated heterocycles. The van der Waals surface area contributed by atoms with Crippen molar-refractivity contribution in [1.82, 2.24) is 14.5 Å². The van der Waals surface area contributed by atoms with Gasteiger partial charge in [-0.05, 0) is 45.2 Å². The van der Waals surface area contributed by atoms with Gasteiger partial charge < -0.3 is 15.2 Å². The third kappa shape index (κ3) is 6.19. The van der Waals surface area contributed by atoms with E-state index in [1.165, 1.54) is 4.31 Å². The fourth-order valence-electron chi connectivity index (χ4n) is 4.42. The summed E-state index contributed by atoms with van der Waals surface area (Å²) in [6.45, 7) is 5.30. The minimum absolute atomic E-state index is 0.174. The summed E-state index contributed by atoms with van der Waals surface area (Å²) in [4.78, 5) is 14.0. The molecule has 206 valence electrons. The van der Waals surface area contributed by atoms with E-state index in [-0.39, 0.29) is 23.3 Å². The molecule has 0 spiro atoms. The molecule has 1 aromatic carbocycles. The van der Waals surface area contributed by atoms with Crippen molar-refractivity contribution in [3.63, 3.8) is 0 Å². The van der Waals surface area contributed by atoms with E-state index in [0.29, 0.717) is 26.6 Å². The molecule has 1 aromatic rings. The molecule has 0 aromatic heterocycles. The molecular formula is C24H33F3N4O5S. The molecule has 3 rings (SSSR count). The molecule has 1 aliphatic carbocycles. The molecule has 13 heteroatoms. The molecule has 1 heterocycles. The number of rotatable bonds is 9.